The molecule has 1 aliphatic heterocycles. The molecule has 2 atom stereocenters. The van der Waals surface area contributed by atoms with Crippen molar-refractivity contribution in [1.29, 1.82) is 0 Å². The highest BCUT2D eigenvalue weighted by molar-refractivity contribution is 5.78. The summed E-state index contributed by atoms with van der Waals surface area (Å²) in [5.41, 5.74) is 0. The Morgan fingerprint density at radius 2 is 2.47 bits per heavy atom. The summed E-state index contributed by atoms with van der Waals surface area (Å²) in [6, 6.07) is 0. The summed E-state index contributed by atoms with van der Waals surface area (Å²) >= 11 is 0. The van der Waals surface area contributed by atoms with E-state index in [9.17, 15) is 4.79 Å². The van der Waals surface area contributed by atoms with Crippen LogP contribution in [0, 0.1) is 11.8 Å². The van der Waals surface area contributed by atoms with Crippen molar-refractivity contribution in [3.05, 3.63) is 12.4 Å². The van der Waals surface area contributed by atoms with E-state index >= 15 is 0 Å². The van der Waals surface area contributed by atoms with Crippen LogP contribution in [0.3, 0.4) is 0 Å². The van der Waals surface area contributed by atoms with Crippen LogP contribution in [0.4, 0.5) is 0 Å². The zero-order valence-corrected chi connectivity index (χ0v) is 10.1. The maximum atomic E-state index is 11.9. The molecule has 6 nitrogen and oxygen atoms in total. The molecule has 0 radical (unpaired) electrons. The Morgan fingerprint density at radius 1 is 1.59 bits per heavy atom. The van der Waals surface area contributed by atoms with Gasteiger partial charge in [-0.05, 0) is 18.9 Å². The first-order chi connectivity index (χ1) is 8.25. The molecule has 1 fully saturated rings. The van der Waals surface area contributed by atoms with Gasteiger partial charge in [0.25, 0.3) is 0 Å². The fourth-order valence-electron chi connectivity index (χ4n) is 2.15. The molecule has 17 heavy (non-hydrogen) atoms. The van der Waals surface area contributed by atoms with Crippen LogP contribution < -0.4 is 10.6 Å². The molecular weight excluding hydrogens is 218 g/mol. The van der Waals surface area contributed by atoms with E-state index in [1.165, 1.54) is 0 Å². The smallest absolute Gasteiger partial charge is 0.224 e. The van der Waals surface area contributed by atoms with Crippen molar-refractivity contribution in [2.24, 2.45) is 11.8 Å². The fourth-order valence-corrected chi connectivity index (χ4v) is 2.15. The van der Waals surface area contributed by atoms with Crippen LogP contribution in [0.15, 0.2) is 12.4 Å². The van der Waals surface area contributed by atoms with Crippen LogP contribution >= 0.6 is 0 Å². The maximum absolute atomic E-state index is 11.9. The Morgan fingerprint density at radius 3 is 3.18 bits per heavy atom. The lowest BCUT2D eigenvalue weighted by atomic mass is 9.91. The van der Waals surface area contributed by atoms with Gasteiger partial charge in [0, 0.05) is 19.3 Å². The van der Waals surface area contributed by atoms with Crippen molar-refractivity contribution in [3.63, 3.8) is 0 Å². The third kappa shape index (κ3) is 3.52. The van der Waals surface area contributed by atoms with Crippen LogP contribution in [-0.2, 0) is 11.3 Å². The zero-order valence-electron chi connectivity index (χ0n) is 10.1. The van der Waals surface area contributed by atoms with Gasteiger partial charge in [-0.15, -0.1) is 5.10 Å². The van der Waals surface area contributed by atoms with Crippen LogP contribution in [0.5, 0.6) is 0 Å². The van der Waals surface area contributed by atoms with Crippen LogP contribution in [-0.4, -0.2) is 40.5 Å². The number of nitrogens with one attached hydrogen (secondary N) is 2. The number of nitrogens with zero attached hydrogens (tertiary/aromatic N) is 3. The number of hydrogen-bond acceptors (Lipinski definition) is 4. The third-order valence-electron chi connectivity index (χ3n) is 3.05. The molecule has 0 aromatic carbocycles. The van der Waals surface area contributed by atoms with Gasteiger partial charge in [-0.1, -0.05) is 12.1 Å². The molecule has 0 spiro atoms. The van der Waals surface area contributed by atoms with Gasteiger partial charge in [-0.25, -0.2) is 0 Å². The molecule has 2 rings (SSSR count). The van der Waals surface area contributed by atoms with Crippen molar-refractivity contribution in [3.8, 4) is 0 Å². The van der Waals surface area contributed by atoms with E-state index < -0.39 is 0 Å². The monoisotopic (exact) mass is 237 g/mol. The van der Waals surface area contributed by atoms with Crippen molar-refractivity contribution in [2.75, 3.05) is 19.6 Å². The van der Waals surface area contributed by atoms with E-state index in [4.69, 9.17) is 0 Å². The minimum absolute atomic E-state index is 0.106. The lowest BCUT2D eigenvalue weighted by Gasteiger charge is -2.26. The van der Waals surface area contributed by atoms with Gasteiger partial charge in [0.2, 0.25) is 5.91 Å². The molecular formula is C11H19N5O. The lowest BCUT2D eigenvalue weighted by molar-refractivity contribution is -0.125. The summed E-state index contributed by atoms with van der Waals surface area (Å²) < 4.78 is 1.71. The Balaban J connectivity index is 1.70. The first-order valence-corrected chi connectivity index (χ1v) is 6.08. The molecule has 6 heteroatoms. The molecule has 0 bridgehead atoms. The number of carbonyl (C=O) groups is 1. The summed E-state index contributed by atoms with van der Waals surface area (Å²) in [5.74, 6) is 0.827. The van der Waals surface area contributed by atoms with E-state index in [1.54, 1.807) is 17.1 Å². The largest absolute Gasteiger partial charge is 0.354 e. The Kier molecular flexibility index (Phi) is 4.08. The van der Waals surface area contributed by atoms with Crippen LogP contribution in [0.2, 0.25) is 0 Å². The van der Waals surface area contributed by atoms with Gasteiger partial charge in [-0.3, -0.25) is 9.48 Å². The predicted octanol–water partition coefficient (Wildman–Crippen LogP) is -0.360. The average Bonchev–Trinajstić information content (AvgIpc) is 2.82. The second-order valence-corrected chi connectivity index (χ2v) is 4.65. The standard InChI is InChI=1S/C11H19N5O/c1-9-6-10(8-12-7-9)11(17)13-2-4-16-5-3-14-15-16/h3,5,9-10,12H,2,4,6-8H2,1H3,(H,13,17). The summed E-state index contributed by atoms with van der Waals surface area (Å²) in [7, 11) is 0. The highest BCUT2D eigenvalue weighted by Crippen LogP contribution is 2.15. The average molecular weight is 237 g/mol. The van der Waals surface area contributed by atoms with Gasteiger partial charge in [0.05, 0.1) is 18.7 Å². The highest BCUT2D eigenvalue weighted by Gasteiger charge is 2.24. The number of aromatic nitrogens is 3. The zero-order chi connectivity index (χ0) is 12.1. The Labute approximate surface area is 101 Å². The molecule has 1 amide bonds. The van der Waals surface area contributed by atoms with Crippen molar-refractivity contribution < 1.29 is 4.79 Å². The Bertz CT molecular complexity index is 351. The molecule has 0 saturated carbocycles. The van der Waals surface area contributed by atoms with Gasteiger partial charge < -0.3 is 10.6 Å². The molecule has 1 aliphatic rings. The first kappa shape index (κ1) is 12.0. The van der Waals surface area contributed by atoms with E-state index in [2.05, 4.69) is 27.9 Å². The highest BCUT2D eigenvalue weighted by atomic mass is 16.1. The number of carbonyl (C=O) groups excluding carboxylic acids is 1. The van der Waals surface area contributed by atoms with Gasteiger partial charge in [0.1, 0.15) is 0 Å². The second-order valence-electron chi connectivity index (χ2n) is 4.65. The van der Waals surface area contributed by atoms with E-state index in [0.717, 1.165) is 19.5 Å². The quantitative estimate of drug-likeness (QED) is 0.750. The van der Waals surface area contributed by atoms with Crippen LogP contribution in [0.25, 0.3) is 0 Å². The molecule has 1 aromatic rings. The topological polar surface area (TPSA) is 71.8 Å². The number of rotatable bonds is 4. The molecule has 1 saturated heterocycles. The number of amides is 1. The molecule has 2 N–H and O–H groups in total. The number of piperidine rings is 1. The Hall–Kier alpha value is -1.43. The minimum atomic E-state index is 0.106. The van der Waals surface area contributed by atoms with Crippen molar-refractivity contribution in [2.45, 2.75) is 19.9 Å². The maximum Gasteiger partial charge on any atom is 0.224 e. The first-order valence-electron chi connectivity index (χ1n) is 6.08. The molecule has 94 valence electrons. The number of hydrogen-bond donors (Lipinski definition) is 2. The fraction of sp³-hybridized carbons (Fsp3) is 0.727. The summed E-state index contributed by atoms with van der Waals surface area (Å²) in [4.78, 5) is 11.9. The van der Waals surface area contributed by atoms with E-state index in [0.29, 0.717) is 19.0 Å². The summed E-state index contributed by atoms with van der Waals surface area (Å²) in [6.45, 7) is 5.25. The van der Waals surface area contributed by atoms with Crippen molar-refractivity contribution in [1.82, 2.24) is 25.6 Å². The molecule has 1 aromatic heterocycles. The summed E-state index contributed by atoms with van der Waals surface area (Å²) in [5, 5.41) is 13.8. The molecule has 0 aliphatic carbocycles. The van der Waals surface area contributed by atoms with Gasteiger partial charge in [0.15, 0.2) is 0 Å². The normalized spacial score (nSPS) is 24.5. The van der Waals surface area contributed by atoms with Gasteiger partial charge >= 0.3 is 0 Å². The third-order valence-corrected chi connectivity index (χ3v) is 3.05. The lowest BCUT2D eigenvalue weighted by Crippen LogP contribution is -2.44. The van der Waals surface area contributed by atoms with E-state index in [-0.39, 0.29) is 11.8 Å². The second kappa shape index (κ2) is 5.77. The predicted molar refractivity (Wildman–Crippen MR) is 63.2 cm³/mol. The van der Waals surface area contributed by atoms with Gasteiger partial charge in [-0.2, -0.15) is 0 Å². The van der Waals surface area contributed by atoms with E-state index in [1.807, 2.05) is 0 Å². The minimum Gasteiger partial charge on any atom is -0.354 e. The van der Waals surface area contributed by atoms with Crippen LogP contribution in [0.1, 0.15) is 13.3 Å². The SMILES string of the molecule is CC1CNCC(C(=O)NCCn2ccnn2)C1. The van der Waals surface area contributed by atoms with Crippen molar-refractivity contribution >= 4 is 5.91 Å². The summed E-state index contributed by atoms with van der Waals surface area (Å²) in [6.07, 6.45) is 4.40. The molecule has 2 unspecified atom stereocenters. The molecule has 2 heterocycles.